The van der Waals surface area contributed by atoms with E-state index in [1.807, 2.05) is 13.8 Å². The van der Waals surface area contributed by atoms with Crippen LogP contribution in [0.15, 0.2) is 23.1 Å². The summed E-state index contributed by atoms with van der Waals surface area (Å²) < 4.78 is 5.08. The smallest absolute Gasteiger partial charge is 0.328 e. The fourth-order valence-electron chi connectivity index (χ4n) is 2.90. The molecule has 0 radical (unpaired) electrons. The van der Waals surface area contributed by atoms with Gasteiger partial charge in [-0.25, -0.2) is 4.79 Å². The molecule has 0 saturated carbocycles. The minimum absolute atomic E-state index is 0.0537. The minimum atomic E-state index is -0.567. The Balaban J connectivity index is 1.89. The lowest BCUT2D eigenvalue weighted by Crippen LogP contribution is -2.46. The van der Waals surface area contributed by atoms with Crippen LogP contribution in [0.1, 0.15) is 44.7 Å². The summed E-state index contributed by atoms with van der Waals surface area (Å²) in [5.41, 5.74) is 2.84. The number of hydrogen-bond donors (Lipinski definition) is 1. The Bertz CT molecular complexity index is 588. The average molecular weight is 349 g/mol. The van der Waals surface area contributed by atoms with Crippen molar-refractivity contribution in [2.24, 2.45) is 5.92 Å². The number of hydrogen-bond acceptors (Lipinski definition) is 4. The maximum atomic E-state index is 12.2. The first-order valence-electron chi connectivity index (χ1n) is 8.75. The molecule has 1 N–H and O–H groups in total. The van der Waals surface area contributed by atoms with E-state index in [0.717, 1.165) is 24.2 Å². The van der Waals surface area contributed by atoms with E-state index in [2.05, 4.69) is 23.5 Å². The molecule has 0 aromatic heterocycles. The van der Waals surface area contributed by atoms with Crippen molar-refractivity contribution in [2.45, 2.75) is 57.4 Å². The van der Waals surface area contributed by atoms with E-state index in [1.165, 1.54) is 29.3 Å². The quantitative estimate of drug-likeness (QED) is 0.577. The lowest BCUT2D eigenvalue weighted by Gasteiger charge is -2.22. The van der Waals surface area contributed by atoms with Gasteiger partial charge < -0.3 is 10.1 Å². The zero-order valence-electron chi connectivity index (χ0n) is 14.8. The molecule has 0 heterocycles. The first-order chi connectivity index (χ1) is 11.5. The summed E-state index contributed by atoms with van der Waals surface area (Å²) in [5, 5.41) is 2.84. The summed E-state index contributed by atoms with van der Waals surface area (Å²) in [5.74, 6) is -0.106. The molecule has 4 nitrogen and oxygen atoms in total. The molecule has 1 aromatic rings. The van der Waals surface area contributed by atoms with Crippen LogP contribution in [0, 0.1) is 5.92 Å². The number of esters is 1. The lowest BCUT2D eigenvalue weighted by atomic mass is 9.99. The van der Waals surface area contributed by atoms with Crippen molar-refractivity contribution < 1.29 is 14.3 Å². The molecule has 5 heteroatoms. The predicted molar refractivity (Wildman–Crippen MR) is 97.2 cm³/mol. The lowest BCUT2D eigenvalue weighted by molar-refractivity contribution is -0.148. The van der Waals surface area contributed by atoms with E-state index in [0.29, 0.717) is 12.4 Å². The Labute approximate surface area is 148 Å². The van der Waals surface area contributed by atoms with E-state index in [1.54, 1.807) is 6.92 Å². The zero-order chi connectivity index (χ0) is 17.5. The molecule has 1 aliphatic rings. The van der Waals surface area contributed by atoms with Gasteiger partial charge in [-0.05, 0) is 55.4 Å². The Hall–Kier alpha value is -1.49. The maximum absolute atomic E-state index is 12.2. The van der Waals surface area contributed by atoms with Crippen molar-refractivity contribution in [1.82, 2.24) is 5.32 Å². The van der Waals surface area contributed by atoms with Crippen molar-refractivity contribution in [3.8, 4) is 0 Å². The monoisotopic (exact) mass is 349 g/mol. The third-order valence-corrected chi connectivity index (χ3v) is 5.50. The number of amides is 1. The molecule has 24 heavy (non-hydrogen) atoms. The highest BCUT2D eigenvalue weighted by Gasteiger charge is 2.27. The summed E-state index contributed by atoms with van der Waals surface area (Å²) in [4.78, 5) is 25.4. The van der Waals surface area contributed by atoms with Crippen molar-refractivity contribution in [3.05, 3.63) is 29.3 Å². The number of ether oxygens (including phenoxy) is 1. The Morgan fingerprint density at radius 1 is 1.25 bits per heavy atom. The first-order valence-corrected chi connectivity index (χ1v) is 9.74. The van der Waals surface area contributed by atoms with Crippen molar-refractivity contribution in [1.29, 1.82) is 0 Å². The zero-order valence-corrected chi connectivity index (χ0v) is 15.6. The molecule has 0 unspecified atom stereocenters. The molecule has 2 rings (SSSR count). The van der Waals surface area contributed by atoms with Crippen LogP contribution in [0.3, 0.4) is 0 Å². The van der Waals surface area contributed by atoms with E-state index >= 15 is 0 Å². The molecular weight excluding hydrogens is 322 g/mol. The average Bonchev–Trinajstić information content (AvgIpc) is 3.05. The number of rotatable bonds is 8. The van der Waals surface area contributed by atoms with E-state index in [4.69, 9.17) is 4.74 Å². The number of nitrogens with one attached hydrogen (secondary N) is 1. The summed E-state index contributed by atoms with van der Waals surface area (Å²) in [6.45, 7) is 6.06. The van der Waals surface area contributed by atoms with Crippen LogP contribution in [-0.4, -0.2) is 30.3 Å². The van der Waals surface area contributed by atoms with Crippen LogP contribution in [-0.2, 0) is 27.2 Å². The van der Waals surface area contributed by atoms with Crippen LogP contribution < -0.4 is 5.32 Å². The molecule has 0 bridgehead atoms. The summed E-state index contributed by atoms with van der Waals surface area (Å²) in [7, 11) is 0. The molecular formula is C19H27NO3S. The van der Waals surface area contributed by atoms with Gasteiger partial charge >= 0.3 is 5.97 Å². The third kappa shape index (κ3) is 5.00. The van der Waals surface area contributed by atoms with Crippen LogP contribution in [0.25, 0.3) is 0 Å². The highest BCUT2D eigenvalue weighted by atomic mass is 32.2. The van der Waals surface area contributed by atoms with Crippen LogP contribution in [0.4, 0.5) is 0 Å². The molecule has 1 aliphatic carbocycles. The Morgan fingerprint density at radius 3 is 2.71 bits per heavy atom. The molecule has 0 saturated heterocycles. The number of carbonyl (C=O) groups is 2. The van der Waals surface area contributed by atoms with E-state index in [9.17, 15) is 9.59 Å². The van der Waals surface area contributed by atoms with Gasteiger partial charge in [0.25, 0.3) is 0 Å². The summed E-state index contributed by atoms with van der Waals surface area (Å²) in [6.07, 6.45) is 4.33. The second kappa shape index (κ2) is 9.11. The van der Waals surface area contributed by atoms with Gasteiger partial charge in [0.2, 0.25) is 5.91 Å². The number of benzene rings is 1. The molecule has 0 aliphatic heterocycles. The van der Waals surface area contributed by atoms with Crippen LogP contribution in [0.5, 0.6) is 0 Å². The Morgan fingerprint density at radius 2 is 2.00 bits per heavy atom. The molecule has 0 spiro atoms. The minimum Gasteiger partial charge on any atom is -0.464 e. The number of fused-ring (bicyclic) bond motifs is 1. The summed E-state index contributed by atoms with van der Waals surface area (Å²) >= 11 is 1.52. The highest BCUT2D eigenvalue weighted by Crippen LogP contribution is 2.27. The van der Waals surface area contributed by atoms with Gasteiger partial charge in [0, 0.05) is 4.90 Å². The fourth-order valence-corrected chi connectivity index (χ4v) is 3.67. The second-order valence-corrected chi connectivity index (χ2v) is 7.30. The molecule has 1 aromatic carbocycles. The van der Waals surface area contributed by atoms with Crippen molar-refractivity contribution in [2.75, 3.05) is 12.4 Å². The number of thioether (sulfide) groups is 1. The first kappa shape index (κ1) is 18.8. The summed E-state index contributed by atoms with van der Waals surface area (Å²) in [6, 6.07) is 5.88. The molecule has 132 valence electrons. The molecule has 1 amide bonds. The maximum Gasteiger partial charge on any atom is 0.328 e. The number of carbonyl (C=O) groups excluding carboxylic acids is 2. The van der Waals surface area contributed by atoms with Gasteiger partial charge in [-0.1, -0.05) is 26.3 Å². The number of aryl methyl sites for hydroxylation is 2. The van der Waals surface area contributed by atoms with Crippen LogP contribution in [0.2, 0.25) is 0 Å². The third-order valence-electron chi connectivity index (χ3n) is 4.51. The van der Waals surface area contributed by atoms with Gasteiger partial charge in [0.1, 0.15) is 6.04 Å². The van der Waals surface area contributed by atoms with Gasteiger partial charge in [0.15, 0.2) is 0 Å². The second-order valence-electron chi connectivity index (χ2n) is 6.26. The predicted octanol–water partition coefficient (Wildman–Crippen LogP) is 3.36. The highest BCUT2D eigenvalue weighted by molar-refractivity contribution is 8.00. The standard InChI is InChI=1S/C19H27NO3S/c1-4-13(3)18(19(22)23-5-2)20-17(21)12-24-16-10-9-14-7-6-8-15(14)11-16/h9-11,13,18H,4-8,12H2,1-3H3,(H,20,21)/t13-,18+/m0/s1. The largest absolute Gasteiger partial charge is 0.464 e. The fraction of sp³-hybridized carbons (Fsp3) is 0.579. The van der Waals surface area contributed by atoms with E-state index < -0.39 is 6.04 Å². The molecule has 0 fully saturated rings. The normalized spacial score (nSPS) is 15.5. The van der Waals surface area contributed by atoms with Crippen LogP contribution >= 0.6 is 11.8 Å². The topological polar surface area (TPSA) is 55.4 Å². The Kier molecular flexibility index (Phi) is 7.16. The van der Waals surface area contributed by atoms with Crippen molar-refractivity contribution >= 4 is 23.6 Å². The van der Waals surface area contributed by atoms with E-state index in [-0.39, 0.29) is 17.8 Å². The van der Waals surface area contributed by atoms with Crippen molar-refractivity contribution in [3.63, 3.8) is 0 Å². The van der Waals surface area contributed by atoms with Gasteiger partial charge in [-0.15, -0.1) is 11.8 Å². The molecule has 2 atom stereocenters. The van der Waals surface area contributed by atoms with Gasteiger partial charge in [-0.3, -0.25) is 4.79 Å². The van der Waals surface area contributed by atoms with Gasteiger partial charge in [0.05, 0.1) is 12.4 Å². The SMILES string of the molecule is CCOC(=O)[C@H](NC(=O)CSc1ccc2c(c1)CCC2)[C@@H](C)CC. The van der Waals surface area contributed by atoms with Gasteiger partial charge in [-0.2, -0.15) is 0 Å².